The van der Waals surface area contributed by atoms with Gasteiger partial charge < -0.3 is 5.32 Å². The lowest BCUT2D eigenvalue weighted by atomic mass is 9.97. The molecule has 5 rings (SSSR count). The normalized spacial score (nSPS) is 17.1. The molecule has 0 spiro atoms. The molecular formula is C29H17Cl5F2N2O3S. The van der Waals surface area contributed by atoms with Crippen LogP contribution in [0.4, 0.5) is 14.5 Å². The van der Waals surface area contributed by atoms with Gasteiger partial charge in [-0.15, -0.1) is 23.2 Å². The molecule has 0 aliphatic heterocycles. The van der Waals surface area contributed by atoms with E-state index in [4.69, 9.17) is 58.0 Å². The number of benzene rings is 3. The molecule has 42 heavy (non-hydrogen) atoms. The Morgan fingerprint density at radius 3 is 2.31 bits per heavy atom. The number of rotatable bonds is 9. The molecule has 1 aromatic heterocycles. The van der Waals surface area contributed by atoms with Gasteiger partial charge in [-0.3, -0.25) is 14.4 Å². The molecule has 0 saturated heterocycles. The van der Waals surface area contributed by atoms with Crippen LogP contribution in [0.2, 0.25) is 15.1 Å². The van der Waals surface area contributed by atoms with E-state index in [1.54, 1.807) is 18.2 Å². The van der Waals surface area contributed by atoms with Crippen LogP contribution in [0.25, 0.3) is 0 Å². The third-order valence-corrected chi connectivity index (χ3v) is 9.64. The number of alkyl halides is 2. The first-order chi connectivity index (χ1) is 19.9. The number of hydrogen-bond donors (Lipinski definition) is 1. The molecule has 3 aromatic carbocycles. The predicted octanol–water partition coefficient (Wildman–Crippen LogP) is 8.76. The predicted molar refractivity (Wildman–Crippen MR) is 162 cm³/mol. The van der Waals surface area contributed by atoms with Gasteiger partial charge in [0.1, 0.15) is 16.0 Å². The van der Waals surface area contributed by atoms with E-state index in [1.807, 2.05) is 0 Å². The third kappa shape index (κ3) is 6.20. The Hall–Kier alpha value is -2.59. The number of aromatic nitrogens is 1. The van der Waals surface area contributed by atoms with Crippen LogP contribution < -0.4 is 5.32 Å². The van der Waals surface area contributed by atoms with Gasteiger partial charge in [-0.25, -0.2) is 13.2 Å². The number of carbonyl (C=O) groups excluding carboxylic acids is 3. The van der Waals surface area contributed by atoms with Crippen LogP contribution in [0.5, 0.6) is 0 Å². The van der Waals surface area contributed by atoms with Gasteiger partial charge in [0, 0.05) is 41.8 Å². The summed E-state index contributed by atoms with van der Waals surface area (Å²) < 4.78 is 32.1. The number of nitrogens with zero attached hydrogens (tertiary/aromatic N) is 1. The number of carbonyl (C=O) groups is 3. The van der Waals surface area contributed by atoms with Crippen LogP contribution >= 0.6 is 69.5 Å². The van der Waals surface area contributed by atoms with Crippen LogP contribution in [0.15, 0.2) is 60.8 Å². The van der Waals surface area contributed by atoms with Crippen molar-refractivity contribution < 1.29 is 23.2 Å². The SMILES string of the molecule is O=C(Cc1c(F)ccc(CC(=O)c2cc(NC(=O)[C@H]3[C@H](c4ccc(Cl)c(Cl)c4)C3(Cl)Cl)ccc2Cl)c1F)c1ccns1. The molecule has 1 fully saturated rings. The molecular weight excluding hydrogens is 672 g/mol. The van der Waals surface area contributed by atoms with E-state index in [2.05, 4.69) is 9.69 Å². The van der Waals surface area contributed by atoms with Gasteiger partial charge in [-0.05, 0) is 65.1 Å². The van der Waals surface area contributed by atoms with Gasteiger partial charge in [0.25, 0.3) is 0 Å². The molecule has 1 aliphatic carbocycles. The molecule has 0 bridgehead atoms. The minimum absolute atomic E-state index is 0.000295. The van der Waals surface area contributed by atoms with Crippen molar-refractivity contribution in [1.82, 2.24) is 4.37 Å². The molecule has 1 saturated carbocycles. The highest BCUT2D eigenvalue weighted by Gasteiger charge is 2.67. The molecule has 1 amide bonds. The molecule has 13 heteroatoms. The maximum atomic E-state index is 15.3. The van der Waals surface area contributed by atoms with Gasteiger partial charge in [-0.2, -0.15) is 0 Å². The second kappa shape index (κ2) is 12.2. The summed E-state index contributed by atoms with van der Waals surface area (Å²) in [7, 11) is 0. The first kappa shape index (κ1) is 30.9. The van der Waals surface area contributed by atoms with E-state index in [1.165, 1.54) is 30.5 Å². The van der Waals surface area contributed by atoms with Crippen LogP contribution in [0.1, 0.15) is 42.6 Å². The third-order valence-electron chi connectivity index (χ3n) is 6.84. The lowest BCUT2D eigenvalue weighted by Gasteiger charge is -2.11. The van der Waals surface area contributed by atoms with Crippen molar-refractivity contribution >= 4 is 92.7 Å². The van der Waals surface area contributed by atoms with Crippen LogP contribution in [0, 0.1) is 17.6 Å². The zero-order valence-corrected chi connectivity index (χ0v) is 25.7. The summed E-state index contributed by atoms with van der Waals surface area (Å²) >= 11 is 32.1. The van der Waals surface area contributed by atoms with Gasteiger partial charge in [-0.1, -0.05) is 46.9 Å². The molecule has 2 atom stereocenters. The van der Waals surface area contributed by atoms with Crippen LogP contribution in [-0.2, 0) is 17.6 Å². The molecule has 1 N–H and O–H groups in total. The summed E-state index contributed by atoms with van der Waals surface area (Å²) in [5.74, 6) is -4.88. The highest BCUT2D eigenvalue weighted by molar-refractivity contribution is 7.08. The minimum atomic E-state index is -1.40. The molecule has 0 radical (unpaired) electrons. The summed E-state index contributed by atoms with van der Waals surface area (Å²) in [6.45, 7) is 0. The Morgan fingerprint density at radius 2 is 1.62 bits per heavy atom. The second-order valence-corrected chi connectivity index (χ2v) is 13.1. The Balaban J connectivity index is 1.32. The van der Waals surface area contributed by atoms with Crippen molar-refractivity contribution in [3.63, 3.8) is 0 Å². The van der Waals surface area contributed by atoms with E-state index in [0.29, 0.717) is 15.6 Å². The Morgan fingerprint density at radius 1 is 0.881 bits per heavy atom. The Bertz CT molecular complexity index is 1730. The first-order valence-electron chi connectivity index (χ1n) is 12.2. The topological polar surface area (TPSA) is 76.1 Å². The van der Waals surface area contributed by atoms with Gasteiger partial charge in [0.05, 0.1) is 25.9 Å². The largest absolute Gasteiger partial charge is 0.326 e. The summed E-state index contributed by atoms with van der Waals surface area (Å²) in [4.78, 5) is 39.0. The lowest BCUT2D eigenvalue weighted by Crippen LogP contribution is -2.17. The zero-order chi connectivity index (χ0) is 30.3. The number of ketones is 2. The summed E-state index contributed by atoms with van der Waals surface area (Å²) in [6.07, 6.45) is 0.414. The van der Waals surface area contributed by atoms with Gasteiger partial charge in [0.15, 0.2) is 11.6 Å². The number of halogens is 7. The van der Waals surface area contributed by atoms with Crippen LogP contribution in [-0.4, -0.2) is 26.2 Å². The fraction of sp³-hybridized carbons (Fsp3) is 0.172. The fourth-order valence-corrected chi connectivity index (χ4v) is 6.52. The molecule has 5 nitrogen and oxygen atoms in total. The van der Waals surface area contributed by atoms with E-state index in [0.717, 1.165) is 23.7 Å². The average molecular weight is 689 g/mol. The number of anilines is 1. The van der Waals surface area contributed by atoms with Crippen molar-refractivity contribution in [3.05, 3.63) is 115 Å². The van der Waals surface area contributed by atoms with E-state index in [-0.39, 0.29) is 26.7 Å². The van der Waals surface area contributed by atoms with Gasteiger partial charge in [0.2, 0.25) is 5.91 Å². The maximum Gasteiger partial charge on any atom is 0.231 e. The Kier molecular flexibility index (Phi) is 8.95. The van der Waals surface area contributed by atoms with Crippen LogP contribution in [0.3, 0.4) is 0 Å². The van der Waals surface area contributed by atoms with Crippen molar-refractivity contribution in [1.29, 1.82) is 0 Å². The van der Waals surface area contributed by atoms with Crippen molar-refractivity contribution in [3.8, 4) is 0 Å². The maximum absolute atomic E-state index is 15.3. The molecule has 4 aromatic rings. The fourth-order valence-electron chi connectivity index (χ4n) is 4.63. The summed E-state index contributed by atoms with van der Waals surface area (Å²) in [5, 5.41) is 3.39. The number of amides is 1. The number of nitrogens with one attached hydrogen (secondary N) is 1. The second-order valence-electron chi connectivity index (χ2n) is 9.56. The van der Waals surface area contributed by atoms with Crippen molar-refractivity contribution in [2.45, 2.75) is 23.1 Å². The monoisotopic (exact) mass is 686 g/mol. The quantitative estimate of drug-likeness (QED) is 0.141. The number of hydrogen-bond acceptors (Lipinski definition) is 5. The summed E-state index contributed by atoms with van der Waals surface area (Å²) in [6, 6.07) is 12.7. The van der Waals surface area contributed by atoms with E-state index in [9.17, 15) is 18.8 Å². The smallest absolute Gasteiger partial charge is 0.231 e. The van der Waals surface area contributed by atoms with E-state index < -0.39 is 63.7 Å². The van der Waals surface area contributed by atoms with E-state index >= 15 is 4.39 Å². The van der Waals surface area contributed by atoms with Gasteiger partial charge >= 0.3 is 0 Å². The highest BCUT2D eigenvalue weighted by atomic mass is 35.5. The van der Waals surface area contributed by atoms with Crippen molar-refractivity contribution in [2.24, 2.45) is 5.92 Å². The highest BCUT2D eigenvalue weighted by Crippen LogP contribution is 2.65. The lowest BCUT2D eigenvalue weighted by molar-refractivity contribution is -0.117. The number of Topliss-reactive ketones (excluding diaryl/α,β-unsaturated/α-hetero) is 2. The average Bonchev–Trinajstić information content (AvgIpc) is 3.25. The molecule has 0 unspecified atom stereocenters. The van der Waals surface area contributed by atoms with Crippen molar-refractivity contribution in [2.75, 3.05) is 5.32 Å². The standard InChI is InChI=1S/C29H17Cl5F2N2O3S/c30-18-5-3-15(38-28(41)26-25(29(26,33)34)13-1-4-19(31)20(32)9-13)11-16(18)22(39)10-14-2-6-21(35)17(27(14)36)12-23(40)24-7-8-37-42-24/h1-9,11,25-26H,10,12H2,(H,38,41)/t25-,26+/m0/s1. The zero-order valence-electron chi connectivity index (χ0n) is 21.1. The Labute approximate surface area is 267 Å². The first-order valence-corrected chi connectivity index (χ1v) is 14.9. The summed E-state index contributed by atoms with van der Waals surface area (Å²) in [5.41, 5.74) is 0.302. The molecule has 1 heterocycles. The molecule has 1 aliphatic rings. The minimum Gasteiger partial charge on any atom is -0.326 e. The molecule has 216 valence electrons.